The van der Waals surface area contributed by atoms with Gasteiger partial charge in [-0.05, 0) is 246 Å². The number of hydrogen-bond donors (Lipinski definition) is 0. The van der Waals surface area contributed by atoms with Crippen LogP contribution in [0, 0.1) is 13.8 Å². The molecule has 2 heteroatoms. The maximum Gasteiger partial charge on any atom is 0.0467 e. The van der Waals surface area contributed by atoms with Gasteiger partial charge in [-0.15, -0.1) is 0 Å². The summed E-state index contributed by atoms with van der Waals surface area (Å²) < 4.78 is 0. The van der Waals surface area contributed by atoms with Crippen LogP contribution in [0.1, 0.15) is 165 Å². The Morgan fingerprint density at radius 1 is 0.305 bits per heavy atom. The van der Waals surface area contributed by atoms with Crippen LogP contribution in [0.2, 0.25) is 0 Å². The lowest BCUT2D eigenvalue weighted by Gasteiger charge is -2.27. The average Bonchev–Trinajstić information content (AvgIpc) is 0.786. The third-order valence-corrected chi connectivity index (χ3v) is 19.8. The van der Waals surface area contributed by atoms with Crippen LogP contribution in [0.15, 0.2) is 255 Å². The fraction of sp³-hybridized carbons (Fsp3) is 0.269. The number of fused-ring (bicyclic) bond motifs is 2. The van der Waals surface area contributed by atoms with E-state index >= 15 is 0 Å². The second-order valence-electron chi connectivity index (χ2n) is 28.2. The predicted octanol–water partition coefficient (Wildman–Crippen LogP) is 28.1. The molecular formula is C93H98N2. The van der Waals surface area contributed by atoms with Crippen molar-refractivity contribution in [2.45, 2.75) is 164 Å². The molecular weight excluding hydrogens is 1150 g/mol. The number of benzene rings is 12. The van der Waals surface area contributed by atoms with E-state index in [9.17, 15) is 0 Å². The predicted molar refractivity (Wildman–Crippen MR) is 414 cm³/mol. The van der Waals surface area contributed by atoms with Crippen molar-refractivity contribution in [2.24, 2.45) is 0 Å². The topological polar surface area (TPSA) is 6.48 Å². The number of hydrogen-bond acceptors (Lipinski definition) is 2. The summed E-state index contributed by atoms with van der Waals surface area (Å²) in [5, 5.41) is 4.98. The van der Waals surface area contributed by atoms with Gasteiger partial charge in [-0.2, -0.15) is 0 Å². The first-order valence-corrected chi connectivity index (χ1v) is 35.8. The van der Waals surface area contributed by atoms with Crippen molar-refractivity contribution in [3.63, 3.8) is 0 Å². The van der Waals surface area contributed by atoms with Crippen LogP contribution in [0.25, 0.3) is 77.2 Å². The van der Waals surface area contributed by atoms with Crippen LogP contribution in [0.3, 0.4) is 0 Å². The molecule has 12 rings (SSSR count). The summed E-state index contributed by atoms with van der Waals surface area (Å²) in [6.07, 6.45) is 17.6. The molecule has 95 heavy (non-hydrogen) atoms. The van der Waals surface area contributed by atoms with Crippen molar-refractivity contribution in [1.82, 2.24) is 0 Å². The average molecular weight is 1240 g/mol. The van der Waals surface area contributed by atoms with Gasteiger partial charge < -0.3 is 9.80 Å². The molecule has 0 aliphatic heterocycles. The highest BCUT2D eigenvalue weighted by Gasteiger charge is 2.21. The Bertz CT molecular complexity index is 4520. The second kappa shape index (κ2) is 30.4. The Labute approximate surface area is 569 Å². The summed E-state index contributed by atoms with van der Waals surface area (Å²) in [5.74, 6) is 0.498. The molecule has 0 unspecified atom stereocenters. The number of aryl methyl sites for hydroxylation is 4. The van der Waals surface area contributed by atoms with Gasteiger partial charge in [-0.3, -0.25) is 0 Å². The summed E-state index contributed by atoms with van der Waals surface area (Å²) >= 11 is 0. The van der Waals surface area contributed by atoms with Gasteiger partial charge in [-0.1, -0.05) is 283 Å². The normalized spacial score (nSPS) is 11.7. The molecule has 0 spiro atoms. The number of unbranched alkanes of at least 4 members (excludes halogenated alkanes) is 10. The molecule has 0 amide bonds. The SMILES string of the molecule is CCCCCCCCc1cccc(N(c2ccc(-c3ccc(C(C)C)cc3)cc2)c2cccc(-c3ccc4ccc(C)c(-c5c(C)ccc6ccc(-c7cccc(N(c8ccc(-c9ccc(C(C)(C)C)cc9)cc8)c8cccc(CCCCCCCC)c8)c7)cc56)c4c3)c2)c1. The van der Waals surface area contributed by atoms with E-state index in [0.29, 0.717) is 5.92 Å². The molecule has 2 nitrogen and oxygen atoms in total. The van der Waals surface area contributed by atoms with Gasteiger partial charge in [0, 0.05) is 34.1 Å². The van der Waals surface area contributed by atoms with Gasteiger partial charge in [0.25, 0.3) is 0 Å². The highest BCUT2D eigenvalue weighted by Crippen LogP contribution is 2.45. The number of rotatable bonds is 26. The van der Waals surface area contributed by atoms with Crippen LogP contribution in [0.5, 0.6) is 0 Å². The summed E-state index contributed by atoms with van der Waals surface area (Å²) in [4.78, 5) is 4.92. The molecule has 0 aromatic heterocycles. The smallest absolute Gasteiger partial charge is 0.0467 e. The fourth-order valence-corrected chi connectivity index (χ4v) is 14.2. The van der Waals surface area contributed by atoms with Gasteiger partial charge in [0.15, 0.2) is 0 Å². The molecule has 0 radical (unpaired) electrons. The first kappa shape index (κ1) is 65.8. The van der Waals surface area contributed by atoms with Crippen molar-refractivity contribution in [3.05, 3.63) is 288 Å². The van der Waals surface area contributed by atoms with Crippen LogP contribution >= 0.6 is 0 Å². The van der Waals surface area contributed by atoms with E-state index in [-0.39, 0.29) is 5.41 Å². The van der Waals surface area contributed by atoms with E-state index in [4.69, 9.17) is 0 Å². The Hall–Kier alpha value is -9.24. The van der Waals surface area contributed by atoms with E-state index in [1.165, 1.54) is 199 Å². The molecule has 0 saturated carbocycles. The lowest BCUT2D eigenvalue weighted by Crippen LogP contribution is -2.10. The summed E-state index contributed by atoms with van der Waals surface area (Å²) in [6.45, 7) is 20.5. The summed E-state index contributed by atoms with van der Waals surface area (Å²) in [7, 11) is 0. The molecule has 0 atom stereocenters. The van der Waals surface area contributed by atoms with E-state index < -0.39 is 0 Å². The first-order valence-electron chi connectivity index (χ1n) is 35.8. The molecule has 0 fully saturated rings. The van der Waals surface area contributed by atoms with Crippen LogP contribution in [-0.4, -0.2) is 0 Å². The third-order valence-electron chi connectivity index (χ3n) is 19.8. The molecule has 12 aromatic carbocycles. The lowest BCUT2D eigenvalue weighted by molar-refractivity contribution is 0.590. The Morgan fingerprint density at radius 2 is 0.642 bits per heavy atom. The molecule has 480 valence electrons. The van der Waals surface area contributed by atoms with E-state index in [0.717, 1.165) is 35.6 Å². The van der Waals surface area contributed by atoms with Crippen LogP contribution in [0.4, 0.5) is 34.1 Å². The molecule has 0 aliphatic rings. The largest absolute Gasteiger partial charge is 0.310 e. The van der Waals surface area contributed by atoms with Crippen molar-refractivity contribution < 1.29 is 0 Å². The van der Waals surface area contributed by atoms with Crippen LogP contribution < -0.4 is 9.80 Å². The first-order chi connectivity index (χ1) is 46.3. The maximum atomic E-state index is 2.46. The highest BCUT2D eigenvalue weighted by atomic mass is 15.1. The Morgan fingerprint density at radius 3 is 1.04 bits per heavy atom. The summed E-state index contributed by atoms with van der Waals surface area (Å²) in [6, 6.07) is 97.1. The Kier molecular flexibility index (Phi) is 21.1. The zero-order valence-electron chi connectivity index (χ0n) is 58.1. The zero-order valence-corrected chi connectivity index (χ0v) is 58.1. The monoisotopic (exact) mass is 1240 g/mol. The molecule has 0 aliphatic carbocycles. The van der Waals surface area contributed by atoms with Crippen molar-refractivity contribution in [2.75, 3.05) is 9.80 Å². The van der Waals surface area contributed by atoms with Gasteiger partial charge in [0.2, 0.25) is 0 Å². The fourth-order valence-electron chi connectivity index (χ4n) is 14.2. The third kappa shape index (κ3) is 15.6. The minimum absolute atomic E-state index is 0.105. The van der Waals surface area contributed by atoms with Gasteiger partial charge >= 0.3 is 0 Å². The van der Waals surface area contributed by atoms with E-state index in [2.05, 4.69) is 327 Å². The molecule has 0 N–H and O–H groups in total. The van der Waals surface area contributed by atoms with Crippen LogP contribution in [-0.2, 0) is 18.3 Å². The minimum Gasteiger partial charge on any atom is -0.310 e. The standard InChI is InChI=1S/C93H98N2/c1-10-12-14-16-18-20-26-69-28-22-32-85(60-69)94(83-56-50-74(51-57-83)72-42-40-71(41-43-72)66(3)4)87-34-24-30-78(62-87)80-46-44-76-38-36-67(5)91(89(76)64-80)92-68(6)37-39-77-45-47-81(65-90(77)92)79-31-25-35-88(63-79)95(86-33-23-29-70(61-86)27-21-19-17-15-13-11-2)84-58-52-75(53-59-84)73-48-54-82(55-49-73)93(7,8)9/h22-25,28-66H,10-21,26-27H2,1-9H3. The van der Waals surface area contributed by atoms with E-state index in [1.807, 2.05) is 0 Å². The van der Waals surface area contributed by atoms with E-state index in [1.54, 1.807) is 0 Å². The van der Waals surface area contributed by atoms with Gasteiger partial charge in [0.05, 0.1) is 0 Å². The second-order valence-corrected chi connectivity index (χ2v) is 28.2. The zero-order chi connectivity index (χ0) is 65.8. The quantitative estimate of drug-likeness (QED) is 0.0499. The van der Waals surface area contributed by atoms with Crippen molar-refractivity contribution in [1.29, 1.82) is 0 Å². The van der Waals surface area contributed by atoms with Gasteiger partial charge in [-0.25, -0.2) is 0 Å². The highest BCUT2D eigenvalue weighted by molar-refractivity contribution is 6.09. The lowest BCUT2D eigenvalue weighted by atomic mass is 9.86. The number of nitrogens with zero attached hydrogens (tertiary/aromatic N) is 2. The Balaban J connectivity index is 0.896. The number of anilines is 6. The molecule has 0 bridgehead atoms. The minimum atomic E-state index is 0.105. The molecule has 12 aromatic rings. The summed E-state index contributed by atoms with van der Waals surface area (Å²) in [5.41, 5.74) is 27.3. The molecule has 0 heterocycles. The van der Waals surface area contributed by atoms with Gasteiger partial charge in [0.1, 0.15) is 0 Å². The van der Waals surface area contributed by atoms with Crippen molar-refractivity contribution >= 4 is 55.7 Å². The maximum absolute atomic E-state index is 2.46. The van der Waals surface area contributed by atoms with Crippen molar-refractivity contribution in [3.8, 4) is 55.6 Å². The molecule has 0 saturated heterocycles.